The summed E-state index contributed by atoms with van der Waals surface area (Å²) in [6, 6.07) is 26.5. The number of aliphatic hydroxyl groups is 1. The summed E-state index contributed by atoms with van der Waals surface area (Å²) in [7, 11) is 0. The highest BCUT2D eigenvalue weighted by Crippen LogP contribution is 2.53. The number of thioether (sulfide) groups is 1. The third-order valence-corrected chi connectivity index (χ3v) is 10.0. The number of hydrogen-bond donors (Lipinski definition) is 3. The fourth-order valence-electron chi connectivity index (χ4n) is 5.36. The lowest BCUT2D eigenvalue weighted by Crippen LogP contribution is -2.18. The summed E-state index contributed by atoms with van der Waals surface area (Å²) in [5.41, 5.74) is 10.2. The molecule has 0 saturated heterocycles. The Kier molecular flexibility index (Phi) is 12.3. The summed E-state index contributed by atoms with van der Waals surface area (Å²) < 4.78 is 0. The number of aryl methyl sites for hydroxylation is 1. The highest BCUT2D eigenvalue weighted by molar-refractivity contribution is 7.99. The minimum absolute atomic E-state index is 0.0814. The predicted octanol–water partition coefficient (Wildman–Crippen LogP) is 9.30. The summed E-state index contributed by atoms with van der Waals surface area (Å²) >= 11 is 8.04. The first-order valence-corrected chi connectivity index (χ1v) is 17.1. The number of carboxylic acids is 1. The zero-order valence-electron chi connectivity index (χ0n) is 26.5. The van der Waals surface area contributed by atoms with E-state index in [-0.39, 0.29) is 17.1 Å². The molecule has 1 heterocycles. The van der Waals surface area contributed by atoms with Gasteiger partial charge in [-0.2, -0.15) is 11.8 Å². The van der Waals surface area contributed by atoms with E-state index in [0.717, 1.165) is 77.7 Å². The molecule has 238 valence electrons. The van der Waals surface area contributed by atoms with Crippen LogP contribution in [0.1, 0.15) is 86.1 Å². The molecule has 7 heteroatoms. The first kappa shape index (κ1) is 34.7. The number of nitrogens with zero attached hydrogens (tertiary/aromatic N) is 1. The van der Waals surface area contributed by atoms with Gasteiger partial charge in [0, 0.05) is 21.4 Å². The van der Waals surface area contributed by atoms with E-state index in [2.05, 4.69) is 49.4 Å². The Hall–Kier alpha value is -3.16. The molecule has 4 aromatic rings. The van der Waals surface area contributed by atoms with Crippen LogP contribution in [-0.2, 0) is 16.8 Å². The number of rotatable bonds is 13. The summed E-state index contributed by atoms with van der Waals surface area (Å²) in [5, 5.41) is 22.1. The van der Waals surface area contributed by atoms with E-state index in [4.69, 9.17) is 22.3 Å². The van der Waals surface area contributed by atoms with Gasteiger partial charge in [0.15, 0.2) is 0 Å². The molecule has 0 amide bonds. The van der Waals surface area contributed by atoms with Crippen LogP contribution in [0.15, 0.2) is 78.9 Å². The fraction of sp³-hybridized carbons (Fsp3) is 0.368. The molecule has 0 unspecified atom stereocenters. The second-order valence-electron chi connectivity index (χ2n) is 12.5. The molecule has 1 aliphatic rings. The van der Waals surface area contributed by atoms with Gasteiger partial charge >= 0.3 is 5.97 Å². The topological polar surface area (TPSA) is 96.4 Å². The lowest BCUT2D eigenvalue weighted by Gasteiger charge is -2.24. The largest absolute Gasteiger partial charge is 0.481 e. The minimum Gasteiger partial charge on any atom is -0.481 e. The molecule has 0 radical (unpaired) electrons. The molecule has 0 spiro atoms. The van der Waals surface area contributed by atoms with Crippen LogP contribution in [0.5, 0.6) is 0 Å². The van der Waals surface area contributed by atoms with Gasteiger partial charge in [-0.15, -0.1) is 0 Å². The van der Waals surface area contributed by atoms with Gasteiger partial charge in [0.1, 0.15) is 0 Å². The minimum atomic E-state index is -0.911. The summed E-state index contributed by atoms with van der Waals surface area (Å²) in [4.78, 5) is 16.2. The highest BCUT2D eigenvalue weighted by atomic mass is 35.5. The number of carboxylic acid groups (broad SMARTS) is 1. The van der Waals surface area contributed by atoms with Crippen LogP contribution in [0, 0.1) is 5.41 Å². The normalized spacial score (nSPS) is 14.6. The number of aliphatic carboxylic acids is 1. The van der Waals surface area contributed by atoms with E-state index in [9.17, 15) is 15.0 Å². The number of halogens is 1. The quantitative estimate of drug-likeness (QED) is 0.134. The van der Waals surface area contributed by atoms with Gasteiger partial charge in [-0.1, -0.05) is 85.3 Å². The maximum Gasteiger partial charge on any atom is 0.303 e. The van der Waals surface area contributed by atoms with Gasteiger partial charge in [-0.05, 0) is 104 Å². The van der Waals surface area contributed by atoms with Crippen LogP contribution in [-0.4, -0.2) is 33.5 Å². The van der Waals surface area contributed by atoms with E-state index in [1.807, 2.05) is 74.1 Å². The van der Waals surface area contributed by atoms with Crippen molar-refractivity contribution in [2.45, 2.75) is 70.1 Å². The maximum atomic E-state index is 11.5. The number of aromatic nitrogens is 1. The fourth-order valence-corrected chi connectivity index (χ4v) is 7.09. The van der Waals surface area contributed by atoms with Crippen LogP contribution in [0.25, 0.3) is 23.1 Å². The van der Waals surface area contributed by atoms with Gasteiger partial charge in [-0.3, -0.25) is 4.79 Å². The van der Waals surface area contributed by atoms with Crippen molar-refractivity contribution in [3.05, 3.63) is 112 Å². The monoisotopic (exact) mass is 644 g/mol. The average Bonchev–Trinajstić information content (AvgIpc) is 3.78. The van der Waals surface area contributed by atoms with Crippen LogP contribution < -0.4 is 5.73 Å². The van der Waals surface area contributed by atoms with Crippen LogP contribution >= 0.6 is 23.4 Å². The molecule has 3 aromatic carbocycles. The van der Waals surface area contributed by atoms with Crippen molar-refractivity contribution in [2.75, 3.05) is 12.3 Å². The number of benzene rings is 3. The van der Waals surface area contributed by atoms with Gasteiger partial charge in [0.25, 0.3) is 0 Å². The number of fused-ring (bicyclic) bond motifs is 1. The van der Waals surface area contributed by atoms with Gasteiger partial charge in [-0.25, -0.2) is 4.98 Å². The maximum absolute atomic E-state index is 11.5. The molecule has 1 aliphatic carbocycles. The van der Waals surface area contributed by atoms with Gasteiger partial charge < -0.3 is 15.9 Å². The second kappa shape index (κ2) is 15.9. The lowest BCUT2D eigenvalue weighted by atomic mass is 9.90. The van der Waals surface area contributed by atoms with Gasteiger partial charge in [0.2, 0.25) is 0 Å². The van der Waals surface area contributed by atoms with Crippen molar-refractivity contribution in [3.8, 4) is 0 Å². The molecule has 4 N–H and O–H groups in total. The lowest BCUT2D eigenvalue weighted by molar-refractivity contribution is -0.138. The van der Waals surface area contributed by atoms with Crippen molar-refractivity contribution < 1.29 is 15.0 Å². The number of carbonyl (C=O) groups is 1. The van der Waals surface area contributed by atoms with E-state index < -0.39 is 11.6 Å². The van der Waals surface area contributed by atoms with E-state index in [1.165, 1.54) is 5.56 Å². The molecule has 5 nitrogen and oxygen atoms in total. The smallest absolute Gasteiger partial charge is 0.303 e. The Morgan fingerprint density at radius 2 is 1.80 bits per heavy atom. The molecule has 1 fully saturated rings. The first-order valence-electron chi connectivity index (χ1n) is 15.7. The van der Waals surface area contributed by atoms with Crippen LogP contribution in [0.4, 0.5) is 0 Å². The van der Waals surface area contributed by atoms with E-state index in [0.29, 0.717) is 5.02 Å². The molecule has 45 heavy (non-hydrogen) atoms. The Bertz CT molecular complexity index is 1610. The number of hydrogen-bond acceptors (Lipinski definition) is 5. The summed E-state index contributed by atoms with van der Waals surface area (Å²) in [6.07, 6.45) is 9.11. The van der Waals surface area contributed by atoms with E-state index in [1.54, 1.807) is 0 Å². The molecule has 1 saturated carbocycles. The SMILES string of the molecule is CC(C)(O)c1ccccc1CC[C@@H](SCC1(CC(=O)O)CC1)c1cccc(/C=C/c2ccc3ccc(Cl)cc3n2)c1.CCCN. The molecule has 5 rings (SSSR count). The zero-order chi connectivity index (χ0) is 32.5. The Balaban J connectivity index is 0.00000109. The van der Waals surface area contributed by atoms with E-state index >= 15 is 0 Å². The Labute approximate surface area is 276 Å². The third-order valence-electron chi connectivity index (χ3n) is 8.12. The van der Waals surface area contributed by atoms with Crippen molar-refractivity contribution >= 4 is 52.4 Å². The van der Waals surface area contributed by atoms with Gasteiger partial charge in [0.05, 0.1) is 23.2 Å². The standard InChI is InChI=1S/C35H36ClNO3S.C3H9N/c1-34(2,40)30-9-4-3-7-25(30)13-17-32(41-23-35(18-19-35)22-33(38)39)27-8-5-6-24(20-27)10-15-29-16-12-26-11-14-28(36)21-31(26)37-29;1-2-3-4/h3-12,14-16,20-21,32,40H,13,17-19,22-23H2,1-2H3,(H,38,39);2-4H2,1H3/b15-10+;/t32-;/m1./s1. The molecular weight excluding hydrogens is 600 g/mol. The Morgan fingerprint density at radius 3 is 2.49 bits per heavy atom. The molecular formula is C38H45ClN2O3S. The van der Waals surface area contributed by atoms with Crippen molar-refractivity contribution in [2.24, 2.45) is 11.1 Å². The molecule has 1 aromatic heterocycles. The molecule has 1 atom stereocenters. The van der Waals surface area contributed by atoms with Crippen molar-refractivity contribution in [3.63, 3.8) is 0 Å². The molecule has 0 aliphatic heterocycles. The summed E-state index contributed by atoms with van der Waals surface area (Å²) in [6.45, 7) is 6.53. The van der Waals surface area contributed by atoms with Crippen LogP contribution in [0.2, 0.25) is 5.02 Å². The van der Waals surface area contributed by atoms with Crippen molar-refractivity contribution in [1.82, 2.24) is 4.98 Å². The number of pyridine rings is 1. The predicted molar refractivity (Wildman–Crippen MR) is 191 cm³/mol. The number of nitrogens with two attached hydrogens (primary N) is 1. The first-order chi connectivity index (χ1) is 21.5. The van der Waals surface area contributed by atoms with Crippen molar-refractivity contribution in [1.29, 1.82) is 0 Å². The molecule has 0 bridgehead atoms. The Morgan fingerprint density at radius 1 is 1.07 bits per heavy atom. The second-order valence-corrected chi connectivity index (χ2v) is 14.1. The average molecular weight is 645 g/mol. The highest BCUT2D eigenvalue weighted by Gasteiger charge is 2.44. The zero-order valence-corrected chi connectivity index (χ0v) is 28.1. The third kappa shape index (κ3) is 10.4. The van der Waals surface area contributed by atoms with Crippen LogP contribution in [0.3, 0.4) is 0 Å². The summed E-state index contributed by atoms with van der Waals surface area (Å²) in [5.74, 6) is 0.122.